The van der Waals surface area contributed by atoms with E-state index in [1.165, 1.54) is 12.1 Å². The van der Waals surface area contributed by atoms with Crippen molar-refractivity contribution in [3.63, 3.8) is 0 Å². The molecule has 6 heteroatoms. The molecule has 0 atom stereocenters. The van der Waals surface area contributed by atoms with Crippen molar-refractivity contribution in [2.45, 2.75) is 38.5 Å². The predicted octanol–water partition coefficient (Wildman–Crippen LogP) is 4.57. The van der Waals surface area contributed by atoms with Gasteiger partial charge in [0.15, 0.2) is 23.0 Å². The van der Waals surface area contributed by atoms with Gasteiger partial charge in [-0.2, -0.15) is 0 Å². The van der Waals surface area contributed by atoms with Gasteiger partial charge in [-0.1, -0.05) is 64.1 Å². The van der Waals surface area contributed by atoms with E-state index in [1.54, 1.807) is 12.1 Å². The van der Waals surface area contributed by atoms with Crippen LogP contribution in [-0.2, 0) is 10.8 Å². The third-order valence-corrected chi connectivity index (χ3v) is 5.93. The topological polar surface area (TPSA) is 121 Å². The summed E-state index contributed by atoms with van der Waals surface area (Å²) in [5.74, 6) is -2.62. The molecule has 30 heavy (non-hydrogen) atoms. The molecule has 0 aliphatic carbocycles. The Labute approximate surface area is 175 Å². The highest BCUT2D eigenvalue weighted by Crippen LogP contribution is 2.47. The molecule has 0 fully saturated rings. The van der Waals surface area contributed by atoms with E-state index < -0.39 is 22.3 Å². The molecule has 0 radical (unpaired) electrons. The Bertz CT molecular complexity index is 1010. The van der Waals surface area contributed by atoms with Crippen molar-refractivity contribution in [2.24, 2.45) is 0 Å². The highest BCUT2D eigenvalue weighted by Gasteiger charge is 2.31. The molecule has 0 heterocycles. The molecule has 0 amide bonds. The van der Waals surface area contributed by atoms with Crippen molar-refractivity contribution in [3.05, 3.63) is 70.8 Å². The summed E-state index contributed by atoms with van der Waals surface area (Å²) in [6.45, 7) is 7.57. The molecule has 0 bridgehead atoms. The highest BCUT2D eigenvalue weighted by atomic mass is 16.3. The lowest BCUT2D eigenvalue weighted by Gasteiger charge is -2.30. The standard InChI is InChI=1S/C24H26O6/c1-23(2,15-9-11-17(25)21(29)19(15)27)13-5-7-14(8-6-13)24(3,4)16-10-12-18(26)22(30)20(16)28/h5-12,25-30H,1-4H3. The van der Waals surface area contributed by atoms with Gasteiger partial charge < -0.3 is 30.6 Å². The van der Waals surface area contributed by atoms with Crippen LogP contribution in [0.5, 0.6) is 34.5 Å². The third kappa shape index (κ3) is 3.24. The van der Waals surface area contributed by atoms with Crippen molar-refractivity contribution in [2.75, 3.05) is 0 Å². The fourth-order valence-corrected chi connectivity index (χ4v) is 3.76. The lowest BCUT2D eigenvalue weighted by molar-refractivity contribution is 0.360. The largest absolute Gasteiger partial charge is 0.504 e. The molecule has 0 saturated carbocycles. The maximum atomic E-state index is 10.3. The van der Waals surface area contributed by atoms with Gasteiger partial charge >= 0.3 is 0 Å². The zero-order valence-corrected chi connectivity index (χ0v) is 17.3. The predicted molar refractivity (Wildman–Crippen MR) is 114 cm³/mol. The molecule has 3 aromatic carbocycles. The van der Waals surface area contributed by atoms with E-state index in [1.807, 2.05) is 52.0 Å². The molecule has 158 valence electrons. The minimum atomic E-state index is -0.670. The lowest BCUT2D eigenvalue weighted by Crippen LogP contribution is -2.21. The average molecular weight is 410 g/mol. The van der Waals surface area contributed by atoms with E-state index in [0.717, 1.165) is 11.1 Å². The van der Waals surface area contributed by atoms with Crippen LogP contribution < -0.4 is 0 Å². The summed E-state index contributed by atoms with van der Waals surface area (Å²) in [6.07, 6.45) is 0. The monoisotopic (exact) mass is 410 g/mol. The van der Waals surface area contributed by atoms with Gasteiger partial charge in [0.25, 0.3) is 0 Å². The molecule has 6 nitrogen and oxygen atoms in total. The van der Waals surface area contributed by atoms with Crippen LogP contribution in [0.1, 0.15) is 49.9 Å². The van der Waals surface area contributed by atoms with E-state index in [9.17, 15) is 30.6 Å². The summed E-state index contributed by atoms with van der Waals surface area (Å²) in [7, 11) is 0. The summed E-state index contributed by atoms with van der Waals surface area (Å²) in [5.41, 5.74) is 1.31. The van der Waals surface area contributed by atoms with E-state index in [0.29, 0.717) is 11.1 Å². The minimum absolute atomic E-state index is 0.367. The van der Waals surface area contributed by atoms with E-state index in [4.69, 9.17) is 0 Å². The van der Waals surface area contributed by atoms with Crippen molar-refractivity contribution >= 4 is 0 Å². The van der Waals surface area contributed by atoms with Crippen molar-refractivity contribution in [1.29, 1.82) is 0 Å². The molecule has 0 spiro atoms. The maximum Gasteiger partial charge on any atom is 0.200 e. The Kier molecular flexibility index (Phi) is 4.98. The SMILES string of the molecule is CC(C)(c1ccc(C(C)(C)c2ccc(O)c(O)c2O)cc1)c1ccc(O)c(O)c1O. The van der Waals surface area contributed by atoms with Crippen LogP contribution >= 0.6 is 0 Å². The van der Waals surface area contributed by atoms with Crippen LogP contribution in [0.3, 0.4) is 0 Å². The van der Waals surface area contributed by atoms with Crippen LogP contribution in [0.25, 0.3) is 0 Å². The molecule has 0 saturated heterocycles. The molecule has 0 aromatic heterocycles. The number of hydrogen-bond donors (Lipinski definition) is 6. The molecule has 0 aliphatic heterocycles. The number of aromatic hydroxyl groups is 6. The van der Waals surface area contributed by atoms with Gasteiger partial charge in [-0.25, -0.2) is 0 Å². The summed E-state index contributed by atoms with van der Waals surface area (Å²) < 4.78 is 0. The van der Waals surface area contributed by atoms with Gasteiger partial charge in [-0.3, -0.25) is 0 Å². The van der Waals surface area contributed by atoms with Crippen LogP contribution in [0.4, 0.5) is 0 Å². The van der Waals surface area contributed by atoms with Crippen molar-refractivity contribution < 1.29 is 30.6 Å². The summed E-state index contributed by atoms with van der Waals surface area (Å²) in [5, 5.41) is 59.6. The van der Waals surface area contributed by atoms with Crippen LogP contribution in [0, 0.1) is 0 Å². The first kappa shape index (κ1) is 21.2. The fraction of sp³-hybridized carbons (Fsp3) is 0.250. The third-order valence-electron chi connectivity index (χ3n) is 5.93. The fourth-order valence-electron chi connectivity index (χ4n) is 3.76. The second-order valence-electron chi connectivity index (χ2n) is 8.49. The molecule has 0 aliphatic rings. The van der Waals surface area contributed by atoms with Crippen molar-refractivity contribution in [1.82, 2.24) is 0 Å². The molecular weight excluding hydrogens is 384 g/mol. The molecule has 3 rings (SSSR count). The van der Waals surface area contributed by atoms with E-state index in [-0.39, 0.29) is 23.0 Å². The van der Waals surface area contributed by atoms with Gasteiger partial charge in [-0.05, 0) is 23.3 Å². The second kappa shape index (κ2) is 7.06. The van der Waals surface area contributed by atoms with Crippen LogP contribution in [-0.4, -0.2) is 30.6 Å². The van der Waals surface area contributed by atoms with Crippen LogP contribution in [0.2, 0.25) is 0 Å². The lowest BCUT2D eigenvalue weighted by atomic mass is 9.74. The Morgan fingerprint density at radius 2 is 0.733 bits per heavy atom. The maximum absolute atomic E-state index is 10.3. The number of phenols is 6. The number of benzene rings is 3. The molecule has 0 unspecified atom stereocenters. The number of rotatable bonds is 4. The Hall–Kier alpha value is -3.54. The second-order valence-corrected chi connectivity index (χ2v) is 8.49. The van der Waals surface area contributed by atoms with Crippen LogP contribution in [0.15, 0.2) is 48.5 Å². The van der Waals surface area contributed by atoms with Gasteiger partial charge in [0.05, 0.1) is 0 Å². The van der Waals surface area contributed by atoms with Gasteiger partial charge in [0.1, 0.15) is 0 Å². The zero-order chi connectivity index (χ0) is 22.4. The minimum Gasteiger partial charge on any atom is -0.504 e. The zero-order valence-electron chi connectivity index (χ0n) is 17.3. The Balaban J connectivity index is 2.02. The normalized spacial score (nSPS) is 12.1. The Morgan fingerprint density at radius 3 is 1.03 bits per heavy atom. The van der Waals surface area contributed by atoms with E-state index in [2.05, 4.69) is 0 Å². The summed E-state index contributed by atoms with van der Waals surface area (Å²) >= 11 is 0. The first-order chi connectivity index (χ1) is 13.9. The smallest absolute Gasteiger partial charge is 0.200 e. The van der Waals surface area contributed by atoms with Gasteiger partial charge in [-0.15, -0.1) is 0 Å². The summed E-state index contributed by atoms with van der Waals surface area (Å²) in [4.78, 5) is 0. The first-order valence-corrected chi connectivity index (χ1v) is 9.48. The molecule has 3 aromatic rings. The van der Waals surface area contributed by atoms with Gasteiger partial charge in [0.2, 0.25) is 11.5 Å². The number of phenolic OH excluding ortho intramolecular Hbond substituents is 6. The molecular formula is C24H26O6. The summed E-state index contributed by atoms with van der Waals surface area (Å²) in [6, 6.07) is 13.4. The molecule has 6 N–H and O–H groups in total. The van der Waals surface area contributed by atoms with E-state index >= 15 is 0 Å². The van der Waals surface area contributed by atoms with Crippen molar-refractivity contribution in [3.8, 4) is 34.5 Å². The highest BCUT2D eigenvalue weighted by molar-refractivity contribution is 5.59. The number of hydrogen-bond acceptors (Lipinski definition) is 6. The average Bonchev–Trinajstić information content (AvgIpc) is 2.70. The van der Waals surface area contributed by atoms with Gasteiger partial charge in [0, 0.05) is 22.0 Å². The Morgan fingerprint density at radius 1 is 0.433 bits per heavy atom. The first-order valence-electron chi connectivity index (χ1n) is 9.48. The quantitative estimate of drug-likeness (QED) is 0.350.